The van der Waals surface area contributed by atoms with Gasteiger partial charge in [-0.15, -0.1) is 0 Å². The summed E-state index contributed by atoms with van der Waals surface area (Å²) in [7, 11) is 4.32. The van der Waals surface area contributed by atoms with Crippen LogP contribution in [0.15, 0.2) is 51.6 Å². The van der Waals surface area contributed by atoms with E-state index in [9.17, 15) is 9.59 Å². The Morgan fingerprint density at radius 2 is 1.88 bits per heavy atom. The first-order valence-corrected chi connectivity index (χ1v) is 10.4. The first kappa shape index (κ1) is 22.8. The Kier molecular flexibility index (Phi) is 6.48. The van der Waals surface area contributed by atoms with E-state index in [1.807, 2.05) is 0 Å². The van der Waals surface area contributed by atoms with Crippen LogP contribution in [0.25, 0.3) is 22.6 Å². The van der Waals surface area contributed by atoms with Crippen molar-refractivity contribution in [3.63, 3.8) is 0 Å². The number of carbonyl (C=O) groups excluding carboxylic acids is 2. The number of ether oxygens (including phenoxy) is 3. The Bertz CT molecular complexity index is 1330. The van der Waals surface area contributed by atoms with Gasteiger partial charge in [-0.3, -0.25) is 9.59 Å². The molecule has 1 N–H and O–H groups in total. The van der Waals surface area contributed by atoms with Crippen molar-refractivity contribution in [3.8, 4) is 23.0 Å². The number of aryl methyl sites for hydroxylation is 1. The van der Waals surface area contributed by atoms with Gasteiger partial charge < -0.3 is 28.5 Å². The summed E-state index contributed by atoms with van der Waals surface area (Å²) < 4.78 is 26.3. The minimum Gasteiger partial charge on any atom is -0.493 e. The van der Waals surface area contributed by atoms with Crippen LogP contribution in [0.5, 0.6) is 11.5 Å². The summed E-state index contributed by atoms with van der Waals surface area (Å²) in [5.74, 6) is 0.516. The summed E-state index contributed by atoms with van der Waals surface area (Å²) in [6.45, 7) is 1.72. The molecular formula is C24H23N3O7. The maximum atomic E-state index is 13.5. The first-order chi connectivity index (χ1) is 16.4. The number of methoxy groups -OCH3 is 3. The molecule has 34 heavy (non-hydrogen) atoms. The lowest BCUT2D eigenvalue weighted by Crippen LogP contribution is -2.30. The largest absolute Gasteiger partial charge is 0.493 e. The summed E-state index contributed by atoms with van der Waals surface area (Å²) in [5, 5.41) is 7.34. The van der Waals surface area contributed by atoms with Gasteiger partial charge in [-0.25, -0.2) is 4.98 Å². The number of nitrogens with one attached hydrogen (secondary N) is 1. The van der Waals surface area contributed by atoms with E-state index in [0.717, 1.165) is 0 Å². The predicted octanol–water partition coefficient (Wildman–Crippen LogP) is 3.84. The molecule has 4 rings (SSSR count). The lowest BCUT2D eigenvalue weighted by atomic mass is 10.0. The van der Waals surface area contributed by atoms with Crippen molar-refractivity contribution in [1.82, 2.24) is 15.5 Å². The van der Waals surface area contributed by atoms with Gasteiger partial charge in [0.2, 0.25) is 0 Å². The van der Waals surface area contributed by atoms with Crippen LogP contribution in [0.3, 0.4) is 0 Å². The van der Waals surface area contributed by atoms with E-state index in [1.165, 1.54) is 27.6 Å². The van der Waals surface area contributed by atoms with E-state index in [1.54, 1.807) is 43.3 Å². The number of rotatable bonds is 8. The SMILES string of the molecule is COC(=O)CC(NC(=O)c1cc(-c2ccco2)nc2onc(C)c12)c1ccc(OC)c(OC)c1. The van der Waals surface area contributed by atoms with Gasteiger partial charge in [0.25, 0.3) is 11.6 Å². The number of hydrogen-bond donors (Lipinski definition) is 1. The Morgan fingerprint density at radius 3 is 2.56 bits per heavy atom. The second-order valence-corrected chi connectivity index (χ2v) is 7.40. The van der Waals surface area contributed by atoms with Crippen molar-refractivity contribution in [2.75, 3.05) is 21.3 Å². The third-order valence-corrected chi connectivity index (χ3v) is 5.35. The van der Waals surface area contributed by atoms with Crippen molar-refractivity contribution in [1.29, 1.82) is 0 Å². The van der Waals surface area contributed by atoms with Crippen LogP contribution in [-0.2, 0) is 9.53 Å². The monoisotopic (exact) mass is 465 g/mol. The molecule has 0 radical (unpaired) electrons. The van der Waals surface area contributed by atoms with E-state index in [4.69, 9.17) is 23.2 Å². The standard InChI is InChI=1S/C24H23N3O7/c1-13-22-15(11-17(18-6-5-9-33-18)26-24(22)34-27-13)23(29)25-16(12-21(28)32-4)14-7-8-19(30-2)20(10-14)31-3/h5-11,16H,12H2,1-4H3,(H,25,29). The third-order valence-electron chi connectivity index (χ3n) is 5.35. The molecule has 4 aromatic rings. The summed E-state index contributed by atoms with van der Waals surface area (Å²) in [5.41, 5.74) is 2.04. The Morgan fingerprint density at radius 1 is 1.09 bits per heavy atom. The molecule has 0 spiro atoms. The minimum atomic E-state index is -0.713. The molecule has 1 unspecified atom stereocenters. The molecule has 1 aromatic carbocycles. The molecule has 0 aliphatic carbocycles. The van der Waals surface area contributed by atoms with Crippen LogP contribution in [0.4, 0.5) is 0 Å². The maximum absolute atomic E-state index is 13.5. The number of amides is 1. The van der Waals surface area contributed by atoms with E-state index in [-0.39, 0.29) is 17.7 Å². The number of hydrogen-bond acceptors (Lipinski definition) is 9. The zero-order valence-electron chi connectivity index (χ0n) is 19.1. The number of pyridine rings is 1. The van der Waals surface area contributed by atoms with Crippen molar-refractivity contribution in [3.05, 3.63) is 59.5 Å². The average molecular weight is 465 g/mol. The van der Waals surface area contributed by atoms with Gasteiger partial charge in [0, 0.05) is 0 Å². The van der Waals surface area contributed by atoms with Crippen molar-refractivity contribution < 1.29 is 32.7 Å². The van der Waals surface area contributed by atoms with E-state index < -0.39 is 17.9 Å². The Labute approximate surface area is 194 Å². The highest BCUT2D eigenvalue weighted by molar-refractivity contribution is 6.07. The molecule has 3 aromatic heterocycles. The normalized spacial score (nSPS) is 11.8. The van der Waals surface area contributed by atoms with Crippen LogP contribution in [0.2, 0.25) is 0 Å². The fourth-order valence-corrected chi connectivity index (χ4v) is 3.63. The highest BCUT2D eigenvalue weighted by Gasteiger charge is 2.25. The molecule has 10 heteroatoms. The number of nitrogens with zero attached hydrogens (tertiary/aromatic N) is 2. The molecule has 10 nitrogen and oxygen atoms in total. The number of esters is 1. The molecule has 3 heterocycles. The molecule has 0 saturated heterocycles. The molecule has 0 aliphatic rings. The predicted molar refractivity (Wildman–Crippen MR) is 121 cm³/mol. The van der Waals surface area contributed by atoms with Crippen LogP contribution in [-0.4, -0.2) is 43.3 Å². The second kappa shape index (κ2) is 9.65. The zero-order chi connectivity index (χ0) is 24.2. The number of benzene rings is 1. The van der Waals surface area contributed by atoms with Gasteiger partial charge in [0.1, 0.15) is 5.69 Å². The highest BCUT2D eigenvalue weighted by Crippen LogP contribution is 2.32. The van der Waals surface area contributed by atoms with Gasteiger partial charge in [-0.2, -0.15) is 0 Å². The molecule has 0 fully saturated rings. The lowest BCUT2D eigenvalue weighted by Gasteiger charge is -2.20. The fraction of sp³-hybridized carbons (Fsp3) is 0.250. The lowest BCUT2D eigenvalue weighted by molar-refractivity contribution is -0.141. The molecule has 0 aliphatic heterocycles. The average Bonchev–Trinajstić information content (AvgIpc) is 3.52. The number of fused-ring (bicyclic) bond motifs is 1. The van der Waals surface area contributed by atoms with Gasteiger partial charge in [0.05, 0.1) is 56.7 Å². The first-order valence-electron chi connectivity index (χ1n) is 10.4. The van der Waals surface area contributed by atoms with E-state index >= 15 is 0 Å². The molecule has 0 saturated carbocycles. The van der Waals surface area contributed by atoms with Crippen molar-refractivity contribution >= 4 is 23.0 Å². The summed E-state index contributed by atoms with van der Waals surface area (Å²) in [4.78, 5) is 30.1. The topological polar surface area (TPSA) is 126 Å². The fourth-order valence-electron chi connectivity index (χ4n) is 3.63. The van der Waals surface area contributed by atoms with E-state index in [2.05, 4.69) is 15.5 Å². The molecule has 1 amide bonds. The van der Waals surface area contributed by atoms with Gasteiger partial charge in [-0.1, -0.05) is 11.2 Å². The summed E-state index contributed by atoms with van der Waals surface area (Å²) in [6.07, 6.45) is 1.41. The smallest absolute Gasteiger partial charge is 0.307 e. The van der Waals surface area contributed by atoms with Crippen molar-refractivity contribution in [2.45, 2.75) is 19.4 Å². The number of carbonyl (C=O) groups is 2. The molecule has 0 bridgehead atoms. The number of furan rings is 1. The second-order valence-electron chi connectivity index (χ2n) is 7.40. The molecular weight excluding hydrogens is 442 g/mol. The van der Waals surface area contributed by atoms with Crippen LogP contribution in [0.1, 0.15) is 34.1 Å². The quantitative estimate of drug-likeness (QED) is 0.386. The number of aromatic nitrogens is 2. The van der Waals surface area contributed by atoms with Gasteiger partial charge >= 0.3 is 5.97 Å². The van der Waals surface area contributed by atoms with Gasteiger partial charge in [0.15, 0.2) is 17.3 Å². The van der Waals surface area contributed by atoms with Crippen LogP contribution >= 0.6 is 0 Å². The minimum absolute atomic E-state index is 0.0976. The third kappa shape index (κ3) is 4.42. The maximum Gasteiger partial charge on any atom is 0.307 e. The Balaban J connectivity index is 1.75. The zero-order valence-corrected chi connectivity index (χ0v) is 19.1. The van der Waals surface area contributed by atoms with Crippen LogP contribution in [0, 0.1) is 6.92 Å². The van der Waals surface area contributed by atoms with Gasteiger partial charge in [-0.05, 0) is 42.8 Å². The molecule has 176 valence electrons. The highest BCUT2D eigenvalue weighted by atomic mass is 16.5. The van der Waals surface area contributed by atoms with E-state index in [0.29, 0.717) is 39.6 Å². The van der Waals surface area contributed by atoms with Crippen molar-refractivity contribution in [2.24, 2.45) is 0 Å². The summed E-state index contributed by atoms with van der Waals surface area (Å²) in [6, 6.07) is 9.48. The molecule has 1 atom stereocenters. The van der Waals surface area contributed by atoms with Crippen LogP contribution < -0.4 is 14.8 Å². The Hall–Kier alpha value is -4.34. The summed E-state index contributed by atoms with van der Waals surface area (Å²) >= 11 is 0.